The van der Waals surface area contributed by atoms with E-state index in [1.807, 2.05) is 12.1 Å². The number of halogens is 2. The largest absolute Gasteiger partial charge is 0.322 e. The Kier molecular flexibility index (Phi) is 4.18. The van der Waals surface area contributed by atoms with Crippen molar-refractivity contribution in [2.24, 2.45) is 0 Å². The van der Waals surface area contributed by atoms with E-state index in [2.05, 4.69) is 11.4 Å². The zero-order chi connectivity index (χ0) is 14.8. The maximum Gasteiger partial charge on any atom is 0.255 e. The Balaban J connectivity index is 1.89. The van der Waals surface area contributed by atoms with Crippen molar-refractivity contribution >= 4 is 34.8 Å². The number of hydrogen-bond donors (Lipinski definition) is 1. The van der Waals surface area contributed by atoms with Crippen LogP contribution >= 0.6 is 23.2 Å². The lowest BCUT2D eigenvalue weighted by Crippen LogP contribution is -2.17. The molecule has 3 rings (SSSR count). The number of amides is 1. The van der Waals surface area contributed by atoms with Gasteiger partial charge in [0.2, 0.25) is 0 Å². The summed E-state index contributed by atoms with van der Waals surface area (Å²) < 4.78 is 0. The van der Waals surface area contributed by atoms with Crippen LogP contribution in [0.2, 0.25) is 10.0 Å². The van der Waals surface area contributed by atoms with Gasteiger partial charge < -0.3 is 5.32 Å². The molecule has 1 N–H and O–H groups in total. The topological polar surface area (TPSA) is 29.1 Å². The highest BCUT2D eigenvalue weighted by atomic mass is 35.5. The molecule has 4 heteroatoms. The summed E-state index contributed by atoms with van der Waals surface area (Å²) in [6.07, 6.45) is 4.36. The fourth-order valence-electron chi connectivity index (χ4n) is 2.82. The highest BCUT2D eigenvalue weighted by molar-refractivity contribution is 6.35. The molecule has 108 valence electrons. The fraction of sp³-hybridized carbons (Fsp3) is 0.235. The van der Waals surface area contributed by atoms with Crippen LogP contribution in [-0.2, 0) is 12.8 Å². The van der Waals surface area contributed by atoms with E-state index >= 15 is 0 Å². The van der Waals surface area contributed by atoms with Crippen molar-refractivity contribution in [1.82, 2.24) is 0 Å². The van der Waals surface area contributed by atoms with Gasteiger partial charge in [0.25, 0.3) is 5.91 Å². The second kappa shape index (κ2) is 6.08. The zero-order valence-corrected chi connectivity index (χ0v) is 13.0. The van der Waals surface area contributed by atoms with Gasteiger partial charge >= 0.3 is 0 Å². The zero-order valence-electron chi connectivity index (χ0n) is 11.5. The van der Waals surface area contributed by atoms with Crippen LogP contribution in [0.5, 0.6) is 0 Å². The molecule has 0 bridgehead atoms. The molecule has 0 saturated carbocycles. The predicted molar refractivity (Wildman–Crippen MR) is 87.5 cm³/mol. The number of anilines is 1. The summed E-state index contributed by atoms with van der Waals surface area (Å²) in [5.74, 6) is -0.105. The maximum absolute atomic E-state index is 12.5. The average Bonchev–Trinajstić information content (AvgIpc) is 2.45. The van der Waals surface area contributed by atoms with E-state index in [0.29, 0.717) is 15.7 Å². The van der Waals surface area contributed by atoms with Crippen molar-refractivity contribution in [2.75, 3.05) is 5.32 Å². The monoisotopic (exact) mass is 319 g/mol. The van der Waals surface area contributed by atoms with Crippen LogP contribution < -0.4 is 5.32 Å². The smallest absolute Gasteiger partial charge is 0.255 e. The molecule has 0 fully saturated rings. The third kappa shape index (κ3) is 3.22. The van der Waals surface area contributed by atoms with Crippen molar-refractivity contribution in [3.8, 4) is 0 Å². The number of nitrogens with one attached hydrogen (secondary N) is 1. The van der Waals surface area contributed by atoms with Crippen molar-refractivity contribution in [3.63, 3.8) is 0 Å². The second-order valence-corrected chi connectivity index (χ2v) is 6.14. The van der Waals surface area contributed by atoms with E-state index < -0.39 is 0 Å². The van der Waals surface area contributed by atoms with E-state index in [9.17, 15) is 4.79 Å². The molecule has 2 aromatic rings. The summed E-state index contributed by atoms with van der Waals surface area (Å²) in [5.41, 5.74) is 3.83. The molecule has 1 aliphatic rings. The summed E-state index contributed by atoms with van der Waals surface area (Å²) in [5, 5.41) is 3.90. The summed E-state index contributed by atoms with van der Waals surface area (Å²) in [4.78, 5) is 12.5. The van der Waals surface area contributed by atoms with Gasteiger partial charge in [-0.25, -0.2) is 0 Å². The molecule has 1 aliphatic carbocycles. The van der Waals surface area contributed by atoms with Crippen LogP contribution in [0.1, 0.15) is 34.3 Å². The molecular weight excluding hydrogens is 305 g/mol. The lowest BCUT2D eigenvalue weighted by molar-refractivity contribution is 0.102. The first-order valence-electron chi connectivity index (χ1n) is 7.02. The number of carbonyl (C=O) groups excluding carboxylic acids is 1. The van der Waals surface area contributed by atoms with Gasteiger partial charge in [-0.1, -0.05) is 35.3 Å². The summed E-state index contributed by atoms with van der Waals surface area (Å²) in [6.45, 7) is 0. The van der Waals surface area contributed by atoms with Crippen molar-refractivity contribution < 1.29 is 4.79 Å². The first kappa shape index (κ1) is 14.4. The normalized spacial score (nSPS) is 13.6. The SMILES string of the molecule is O=C(Nc1cc(Cl)cc(Cl)c1)c1cccc2c1CCCC2. The van der Waals surface area contributed by atoms with Gasteiger partial charge in [-0.2, -0.15) is 0 Å². The molecule has 0 saturated heterocycles. The molecule has 0 spiro atoms. The minimum Gasteiger partial charge on any atom is -0.322 e. The Bertz CT molecular complexity index is 677. The van der Waals surface area contributed by atoms with Crippen LogP contribution in [-0.4, -0.2) is 5.91 Å². The maximum atomic E-state index is 12.5. The van der Waals surface area contributed by atoms with Crippen LogP contribution in [0.15, 0.2) is 36.4 Å². The molecule has 0 atom stereocenters. The van der Waals surface area contributed by atoms with Crippen molar-refractivity contribution in [3.05, 3.63) is 63.1 Å². The quantitative estimate of drug-likeness (QED) is 0.817. The first-order valence-corrected chi connectivity index (χ1v) is 7.77. The molecule has 2 nitrogen and oxygen atoms in total. The first-order chi connectivity index (χ1) is 10.1. The van der Waals surface area contributed by atoms with E-state index in [-0.39, 0.29) is 5.91 Å². The standard InChI is InChI=1S/C17H15Cl2NO/c18-12-8-13(19)10-14(9-12)20-17(21)16-7-3-5-11-4-1-2-6-15(11)16/h3,5,7-10H,1-2,4,6H2,(H,20,21). The van der Waals surface area contributed by atoms with Gasteiger partial charge in [-0.05, 0) is 61.1 Å². The minimum atomic E-state index is -0.105. The molecule has 0 aliphatic heterocycles. The Morgan fingerprint density at radius 3 is 2.48 bits per heavy atom. The highest BCUT2D eigenvalue weighted by Crippen LogP contribution is 2.26. The third-order valence-corrected chi connectivity index (χ3v) is 4.20. The Labute approximate surface area is 134 Å². The third-order valence-electron chi connectivity index (χ3n) is 3.76. The van der Waals surface area contributed by atoms with E-state index in [0.717, 1.165) is 24.8 Å². The van der Waals surface area contributed by atoms with Crippen LogP contribution in [0.4, 0.5) is 5.69 Å². The van der Waals surface area contributed by atoms with E-state index in [1.54, 1.807) is 18.2 Å². The Morgan fingerprint density at radius 2 is 1.71 bits per heavy atom. The second-order valence-electron chi connectivity index (χ2n) is 5.26. The number of carbonyl (C=O) groups is 1. The molecule has 0 heterocycles. The van der Waals surface area contributed by atoms with Crippen molar-refractivity contribution in [2.45, 2.75) is 25.7 Å². The molecule has 2 aromatic carbocycles. The highest BCUT2D eigenvalue weighted by Gasteiger charge is 2.17. The van der Waals surface area contributed by atoms with Crippen LogP contribution in [0.25, 0.3) is 0 Å². The Hall–Kier alpha value is -1.51. The van der Waals surface area contributed by atoms with Crippen LogP contribution in [0.3, 0.4) is 0 Å². The molecule has 0 radical (unpaired) electrons. The molecule has 0 aromatic heterocycles. The summed E-state index contributed by atoms with van der Waals surface area (Å²) in [7, 11) is 0. The van der Waals surface area contributed by atoms with Crippen molar-refractivity contribution in [1.29, 1.82) is 0 Å². The molecule has 0 unspecified atom stereocenters. The van der Waals surface area contributed by atoms with E-state index in [1.165, 1.54) is 17.5 Å². The van der Waals surface area contributed by atoms with Gasteiger partial charge in [-0.15, -0.1) is 0 Å². The molecule has 21 heavy (non-hydrogen) atoms. The van der Waals surface area contributed by atoms with Gasteiger partial charge in [0.15, 0.2) is 0 Å². The van der Waals surface area contributed by atoms with Gasteiger partial charge in [0, 0.05) is 21.3 Å². The summed E-state index contributed by atoms with van der Waals surface area (Å²) >= 11 is 11.9. The predicted octanol–water partition coefficient (Wildman–Crippen LogP) is 5.12. The number of fused-ring (bicyclic) bond motifs is 1. The van der Waals surface area contributed by atoms with Gasteiger partial charge in [0.05, 0.1) is 0 Å². The number of rotatable bonds is 2. The van der Waals surface area contributed by atoms with E-state index in [4.69, 9.17) is 23.2 Å². The summed E-state index contributed by atoms with van der Waals surface area (Å²) in [6, 6.07) is 11.0. The molecule has 1 amide bonds. The van der Waals surface area contributed by atoms with Crippen LogP contribution in [0, 0.1) is 0 Å². The van der Waals surface area contributed by atoms with Gasteiger partial charge in [-0.3, -0.25) is 4.79 Å². The average molecular weight is 320 g/mol. The number of aryl methyl sites for hydroxylation is 1. The number of benzene rings is 2. The van der Waals surface area contributed by atoms with Gasteiger partial charge in [0.1, 0.15) is 0 Å². The minimum absolute atomic E-state index is 0.105. The lowest BCUT2D eigenvalue weighted by Gasteiger charge is -2.19. The number of hydrogen-bond acceptors (Lipinski definition) is 1. The molecular formula is C17H15Cl2NO. The Morgan fingerprint density at radius 1 is 1.00 bits per heavy atom. The fourth-order valence-corrected chi connectivity index (χ4v) is 3.34. The lowest BCUT2D eigenvalue weighted by atomic mass is 9.88.